The Balaban J connectivity index is 1.50. The zero-order chi connectivity index (χ0) is 11.0. The molecule has 0 aromatic carbocycles. The number of rotatable bonds is 6. The first-order valence-electron chi connectivity index (χ1n) is 6.18. The first-order valence-corrected chi connectivity index (χ1v) is 7.06. The smallest absolute Gasteiger partial charge is 0.107 e. The Kier molecular flexibility index (Phi) is 2.96. The van der Waals surface area contributed by atoms with Crippen LogP contribution >= 0.6 is 11.3 Å². The molecular formula is C12H19N3S. The quantitative estimate of drug-likeness (QED) is 0.820. The highest BCUT2D eigenvalue weighted by Crippen LogP contribution is 2.27. The van der Waals surface area contributed by atoms with Crippen molar-refractivity contribution >= 4 is 11.3 Å². The number of hydrogen-bond acceptors (Lipinski definition) is 4. The minimum atomic E-state index is 0.779. The Hall–Kier alpha value is -0.450. The van der Waals surface area contributed by atoms with Gasteiger partial charge in [0.15, 0.2) is 0 Å². The van der Waals surface area contributed by atoms with Gasteiger partial charge in [0.1, 0.15) is 5.01 Å². The van der Waals surface area contributed by atoms with Crippen molar-refractivity contribution in [3.63, 3.8) is 0 Å². The van der Waals surface area contributed by atoms with E-state index in [1.807, 2.05) is 0 Å². The van der Waals surface area contributed by atoms with Gasteiger partial charge in [-0.3, -0.25) is 4.90 Å². The Bertz CT molecular complexity index is 355. The van der Waals surface area contributed by atoms with Gasteiger partial charge in [-0.1, -0.05) is 0 Å². The molecule has 2 saturated carbocycles. The fourth-order valence-electron chi connectivity index (χ4n) is 1.92. The number of aromatic nitrogens is 1. The number of nitrogens with zero attached hydrogens (tertiary/aromatic N) is 2. The second kappa shape index (κ2) is 4.43. The van der Waals surface area contributed by atoms with Crippen LogP contribution in [0.15, 0.2) is 5.38 Å². The SMILES string of the molecule is CN(Cc1csc(CNC2CC2)n1)C1CC1. The third-order valence-corrected chi connectivity index (χ3v) is 4.20. The van der Waals surface area contributed by atoms with Crippen LogP contribution in [0.25, 0.3) is 0 Å². The van der Waals surface area contributed by atoms with Crippen LogP contribution in [-0.4, -0.2) is 29.0 Å². The number of thiazole rings is 1. The fraction of sp³-hybridized carbons (Fsp3) is 0.750. The summed E-state index contributed by atoms with van der Waals surface area (Å²) in [7, 11) is 2.21. The number of hydrogen-bond donors (Lipinski definition) is 1. The summed E-state index contributed by atoms with van der Waals surface area (Å²) in [6.07, 6.45) is 5.44. The van der Waals surface area contributed by atoms with Crippen molar-refractivity contribution in [1.82, 2.24) is 15.2 Å². The molecule has 0 radical (unpaired) electrons. The van der Waals surface area contributed by atoms with E-state index in [2.05, 4.69) is 27.6 Å². The van der Waals surface area contributed by atoms with E-state index in [-0.39, 0.29) is 0 Å². The third kappa shape index (κ3) is 2.81. The van der Waals surface area contributed by atoms with Crippen LogP contribution in [0.1, 0.15) is 36.4 Å². The van der Waals surface area contributed by atoms with Gasteiger partial charge in [0.2, 0.25) is 0 Å². The molecule has 0 spiro atoms. The minimum Gasteiger partial charge on any atom is -0.308 e. The molecule has 2 aliphatic rings. The van der Waals surface area contributed by atoms with Crippen molar-refractivity contribution in [2.24, 2.45) is 0 Å². The summed E-state index contributed by atoms with van der Waals surface area (Å²) in [5.74, 6) is 0. The summed E-state index contributed by atoms with van der Waals surface area (Å²) >= 11 is 1.79. The highest BCUT2D eigenvalue weighted by atomic mass is 32.1. The van der Waals surface area contributed by atoms with Gasteiger partial charge in [-0.25, -0.2) is 4.98 Å². The van der Waals surface area contributed by atoms with Gasteiger partial charge in [0, 0.05) is 30.6 Å². The molecule has 1 N–H and O–H groups in total. The molecule has 0 saturated heterocycles. The summed E-state index contributed by atoms with van der Waals surface area (Å²) in [4.78, 5) is 7.10. The lowest BCUT2D eigenvalue weighted by atomic mass is 10.4. The van der Waals surface area contributed by atoms with E-state index in [0.29, 0.717) is 0 Å². The average Bonchev–Trinajstić information content (AvgIpc) is 3.16. The zero-order valence-electron chi connectivity index (χ0n) is 9.78. The van der Waals surface area contributed by atoms with E-state index < -0.39 is 0 Å². The molecule has 0 atom stereocenters. The second-order valence-electron chi connectivity index (χ2n) is 5.03. The lowest BCUT2D eigenvalue weighted by Crippen LogP contribution is -2.20. The van der Waals surface area contributed by atoms with E-state index >= 15 is 0 Å². The Morgan fingerprint density at radius 2 is 2.25 bits per heavy atom. The third-order valence-electron chi connectivity index (χ3n) is 3.30. The van der Waals surface area contributed by atoms with Gasteiger partial charge in [-0.05, 0) is 32.7 Å². The predicted molar refractivity (Wildman–Crippen MR) is 66.5 cm³/mol. The van der Waals surface area contributed by atoms with E-state index in [0.717, 1.165) is 25.2 Å². The molecule has 2 fully saturated rings. The summed E-state index contributed by atoms with van der Waals surface area (Å²) in [5, 5.41) is 6.96. The first kappa shape index (κ1) is 10.7. The second-order valence-corrected chi connectivity index (χ2v) is 5.98. The largest absolute Gasteiger partial charge is 0.308 e. The van der Waals surface area contributed by atoms with Gasteiger partial charge in [0.25, 0.3) is 0 Å². The van der Waals surface area contributed by atoms with Crippen molar-refractivity contribution < 1.29 is 0 Å². The molecular weight excluding hydrogens is 218 g/mol. The van der Waals surface area contributed by atoms with Crippen LogP contribution in [-0.2, 0) is 13.1 Å². The van der Waals surface area contributed by atoms with Crippen LogP contribution in [0.4, 0.5) is 0 Å². The lowest BCUT2D eigenvalue weighted by molar-refractivity contribution is 0.313. The average molecular weight is 237 g/mol. The van der Waals surface area contributed by atoms with Crippen molar-refractivity contribution in [2.45, 2.75) is 50.9 Å². The first-order chi connectivity index (χ1) is 7.81. The molecule has 0 aliphatic heterocycles. The molecule has 3 rings (SSSR count). The monoisotopic (exact) mass is 237 g/mol. The Labute approximate surface area is 101 Å². The molecule has 0 amide bonds. The molecule has 88 valence electrons. The van der Waals surface area contributed by atoms with Gasteiger partial charge >= 0.3 is 0 Å². The summed E-state index contributed by atoms with van der Waals surface area (Å²) in [6, 6.07) is 1.61. The van der Waals surface area contributed by atoms with Crippen molar-refractivity contribution in [1.29, 1.82) is 0 Å². The van der Waals surface area contributed by atoms with Gasteiger partial charge < -0.3 is 5.32 Å². The van der Waals surface area contributed by atoms with Crippen LogP contribution in [0.2, 0.25) is 0 Å². The Morgan fingerprint density at radius 3 is 2.94 bits per heavy atom. The van der Waals surface area contributed by atoms with Crippen LogP contribution in [0, 0.1) is 0 Å². The molecule has 2 aliphatic carbocycles. The topological polar surface area (TPSA) is 28.2 Å². The van der Waals surface area contributed by atoms with Gasteiger partial charge in [-0.2, -0.15) is 0 Å². The normalized spacial score (nSPS) is 20.6. The van der Waals surface area contributed by atoms with Crippen molar-refractivity contribution in [3.8, 4) is 0 Å². The highest BCUT2D eigenvalue weighted by molar-refractivity contribution is 7.09. The molecule has 4 heteroatoms. The molecule has 1 heterocycles. The summed E-state index contributed by atoms with van der Waals surface area (Å²) in [5.41, 5.74) is 1.24. The molecule has 16 heavy (non-hydrogen) atoms. The van der Waals surface area contributed by atoms with E-state index in [1.165, 1.54) is 36.4 Å². The lowest BCUT2D eigenvalue weighted by Gasteiger charge is -2.13. The molecule has 0 unspecified atom stereocenters. The van der Waals surface area contributed by atoms with Crippen molar-refractivity contribution in [3.05, 3.63) is 16.1 Å². The van der Waals surface area contributed by atoms with Crippen LogP contribution in [0.5, 0.6) is 0 Å². The molecule has 0 bridgehead atoms. The summed E-state index contributed by atoms with van der Waals surface area (Å²) < 4.78 is 0. The van der Waals surface area contributed by atoms with E-state index in [1.54, 1.807) is 11.3 Å². The maximum absolute atomic E-state index is 4.67. The predicted octanol–water partition coefficient (Wildman–Crippen LogP) is 1.99. The molecule has 3 nitrogen and oxygen atoms in total. The Morgan fingerprint density at radius 1 is 1.44 bits per heavy atom. The molecule has 1 aromatic rings. The number of nitrogens with one attached hydrogen (secondary N) is 1. The van der Waals surface area contributed by atoms with Crippen LogP contribution < -0.4 is 5.32 Å². The van der Waals surface area contributed by atoms with Gasteiger partial charge in [0.05, 0.1) is 5.69 Å². The van der Waals surface area contributed by atoms with E-state index in [4.69, 9.17) is 0 Å². The molecule has 1 aromatic heterocycles. The maximum atomic E-state index is 4.67. The van der Waals surface area contributed by atoms with Crippen LogP contribution in [0.3, 0.4) is 0 Å². The zero-order valence-corrected chi connectivity index (χ0v) is 10.6. The standard InChI is InChI=1S/C12H19N3S/c1-15(11-4-5-11)7-10-8-16-12(14-10)6-13-9-2-3-9/h8-9,11,13H,2-7H2,1H3. The highest BCUT2D eigenvalue weighted by Gasteiger charge is 2.26. The maximum Gasteiger partial charge on any atom is 0.107 e. The van der Waals surface area contributed by atoms with Gasteiger partial charge in [-0.15, -0.1) is 11.3 Å². The van der Waals surface area contributed by atoms with Crippen molar-refractivity contribution in [2.75, 3.05) is 7.05 Å². The minimum absolute atomic E-state index is 0.779. The van der Waals surface area contributed by atoms with E-state index in [9.17, 15) is 0 Å². The summed E-state index contributed by atoms with van der Waals surface area (Å²) in [6.45, 7) is 1.98. The fourth-order valence-corrected chi connectivity index (χ4v) is 2.66.